The minimum atomic E-state index is -0.158. The predicted molar refractivity (Wildman–Crippen MR) is 98.6 cm³/mol. The van der Waals surface area contributed by atoms with Crippen molar-refractivity contribution >= 4 is 29.0 Å². The van der Waals surface area contributed by atoms with E-state index in [1.807, 2.05) is 12.1 Å². The molecule has 4 nitrogen and oxygen atoms in total. The highest BCUT2D eigenvalue weighted by molar-refractivity contribution is 6.43. The van der Waals surface area contributed by atoms with E-state index in [-0.39, 0.29) is 6.61 Å². The third kappa shape index (κ3) is 3.51. The van der Waals surface area contributed by atoms with Gasteiger partial charge in [0.1, 0.15) is 5.69 Å². The Morgan fingerprint density at radius 3 is 2.58 bits per heavy atom. The van der Waals surface area contributed by atoms with Gasteiger partial charge in [-0.25, -0.2) is 9.97 Å². The first-order chi connectivity index (χ1) is 11.4. The maximum absolute atomic E-state index is 9.76. The second kappa shape index (κ2) is 6.87. The van der Waals surface area contributed by atoms with Crippen molar-refractivity contribution in [3.63, 3.8) is 0 Å². The zero-order valence-corrected chi connectivity index (χ0v) is 15.4. The van der Waals surface area contributed by atoms with E-state index >= 15 is 0 Å². The summed E-state index contributed by atoms with van der Waals surface area (Å²) in [4.78, 5) is 11.3. The highest BCUT2D eigenvalue weighted by Gasteiger charge is 2.27. The zero-order valence-electron chi connectivity index (χ0n) is 13.9. The smallest absolute Gasteiger partial charge is 0.152 e. The van der Waals surface area contributed by atoms with Gasteiger partial charge < -0.3 is 10.0 Å². The number of hydrogen-bond donors (Lipinski definition) is 1. The van der Waals surface area contributed by atoms with E-state index in [9.17, 15) is 5.11 Å². The lowest BCUT2D eigenvalue weighted by molar-refractivity contribution is 0.268. The Hall–Kier alpha value is -1.36. The second-order valence-corrected chi connectivity index (χ2v) is 7.72. The van der Waals surface area contributed by atoms with Gasteiger partial charge in [0, 0.05) is 18.7 Å². The number of hydrogen-bond acceptors (Lipinski definition) is 4. The molecule has 1 aromatic heterocycles. The molecule has 1 saturated heterocycles. The van der Waals surface area contributed by atoms with Crippen LogP contribution in [0.1, 0.15) is 32.4 Å². The highest BCUT2D eigenvalue weighted by Crippen LogP contribution is 2.35. The van der Waals surface area contributed by atoms with Gasteiger partial charge in [-0.05, 0) is 24.3 Å². The van der Waals surface area contributed by atoms with Gasteiger partial charge in [0.15, 0.2) is 5.82 Å². The lowest BCUT2D eigenvalue weighted by Crippen LogP contribution is -2.38. The van der Waals surface area contributed by atoms with Crippen molar-refractivity contribution < 1.29 is 5.11 Å². The fourth-order valence-electron chi connectivity index (χ4n) is 2.95. The first kappa shape index (κ1) is 17.5. The van der Waals surface area contributed by atoms with Crippen molar-refractivity contribution in [2.45, 2.75) is 33.3 Å². The fraction of sp³-hybridized carbons (Fsp3) is 0.444. The maximum Gasteiger partial charge on any atom is 0.152 e. The van der Waals surface area contributed by atoms with Crippen LogP contribution in [0.5, 0.6) is 0 Å². The van der Waals surface area contributed by atoms with Crippen LogP contribution in [0.3, 0.4) is 0 Å². The molecule has 0 aliphatic carbocycles. The number of piperidine rings is 1. The molecule has 6 heteroatoms. The number of anilines is 1. The van der Waals surface area contributed by atoms with Crippen LogP contribution in [-0.2, 0) is 6.61 Å². The summed E-state index contributed by atoms with van der Waals surface area (Å²) in [7, 11) is 0. The van der Waals surface area contributed by atoms with Gasteiger partial charge in [-0.1, -0.05) is 49.2 Å². The molecule has 1 aliphatic rings. The Morgan fingerprint density at radius 2 is 1.92 bits per heavy atom. The standard InChI is InChI=1S/C18H21Cl2N3O/c1-18(2)6-8-23(9-7-18)17-15(11-24)22-14(10-21-17)12-4-3-5-13(19)16(12)20/h3-5,10,24H,6-9,11H2,1-2H3. The summed E-state index contributed by atoms with van der Waals surface area (Å²) in [6.45, 7) is 6.26. The molecular formula is C18H21Cl2N3O. The van der Waals surface area contributed by atoms with E-state index in [2.05, 4.69) is 28.7 Å². The molecule has 0 bridgehead atoms. The molecule has 0 radical (unpaired) electrons. The number of benzene rings is 1. The molecule has 0 unspecified atom stereocenters. The third-order valence-electron chi connectivity index (χ3n) is 4.62. The van der Waals surface area contributed by atoms with E-state index in [4.69, 9.17) is 23.2 Å². The van der Waals surface area contributed by atoms with Crippen LogP contribution in [0.4, 0.5) is 5.82 Å². The van der Waals surface area contributed by atoms with Crippen molar-refractivity contribution in [1.82, 2.24) is 9.97 Å². The number of nitrogens with zero attached hydrogens (tertiary/aromatic N) is 3. The van der Waals surface area contributed by atoms with Crippen molar-refractivity contribution in [2.75, 3.05) is 18.0 Å². The Balaban J connectivity index is 1.93. The summed E-state index contributed by atoms with van der Waals surface area (Å²) in [5, 5.41) is 10.7. The summed E-state index contributed by atoms with van der Waals surface area (Å²) < 4.78 is 0. The molecule has 2 heterocycles. The van der Waals surface area contributed by atoms with Gasteiger partial charge in [-0.15, -0.1) is 0 Å². The van der Waals surface area contributed by atoms with Crippen LogP contribution in [-0.4, -0.2) is 28.2 Å². The lowest BCUT2D eigenvalue weighted by atomic mass is 9.82. The number of aliphatic hydroxyl groups is 1. The van der Waals surface area contributed by atoms with Gasteiger partial charge >= 0.3 is 0 Å². The molecule has 0 saturated carbocycles. The molecule has 24 heavy (non-hydrogen) atoms. The van der Waals surface area contributed by atoms with Crippen molar-refractivity contribution in [2.24, 2.45) is 5.41 Å². The first-order valence-corrected chi connectivity index (χ1v) is 8.83. The summed E-state index contributed by atoms with van der Waals surface area (Å²) in [5.74, 6) is 0.759. The fourth-order valence-corrected chi connectivity index (χ4v) is 3.34. The van der Waals surface area contributed by atoms with Crippen molar-refractivity contribution in [3.8, 4) is 11.3 Å². The van der Waals surface area contributed by atoms with Crippen LogP contribution in [0.2, 0.25) is 10.0 Å². The van der Waals surface area contributed by atoms with Gasteiger partial charge in [-0.3, -0.25) is 0 Å². The van der Waals surface area contributed by atoms with Crippen LogP contribution in [0, 0.1) is 5.41 Å². The van der Waals surface area contributed by atoms with Gasteiger partial charge in [0.25, 0.3) is 0 Å². The topological polar surface area (TPSA) is 49.2 Å². The van der Waals surface area contributed by atoms with Crippen molar-refractivity contribution in [3.05, 3.63) is 40.1 Å². The largest absolute Gasteiger partial charge is 0.390 e. The van der Waals surface area contributed by atoms with Crippen LogP contribution < -0.4 is 4.90 Å². The molecule has 0 amide bonds. The van der Waals surface area contributed by atoms with Gasteiger partial charge in [0.05, 0.1) is 28.5 Å². The SMILES string of the molecule is CC1(C)CCN(c2ncc(-c3cccc(Cl)c3Cl)nc2CO)CC1. The van der Waals surface area contributed by atoms with E-state index in [0.29, 0.717) is 26.8 Å². The molecule has 1 N–H and O–H groups in total. The van der Waals surface area contributed by atoms with E-state index in [1.165, 1.54) is 0 Å². The van der Waals surface area contributed by atoms with Gasteiger partial charge in [-0.2, -0.15) is 0 Å². The monoisotopic (exact) mass is 365 g/mol. The van der Waals surface area contributed by atoms with Crippen LogP contribution >= 0.6 is 23.2 Å². The summed E-state index contributed by atoms with van der Waals surface area (Å²) in [6.07, 6.45) is 3.90. The second-order valence-electron chi connectivity index (χ2n) is 6.94. The molecule has 128 valence electrons. The Morgan fingerprint density at radius 1 is 1.21 bits per heavy atom. The predicted octanol–water partition coefficient (Wildman–Crippen LogP) is 4.57. The summed E-state index contributed by atoms with van der Waals surface area (Å²) in [5.41, 5.74) is 2.27. The average molecular weight is 366 g/mol. The van der Waals surface area contributed by atoms with Crippen LogP contribution in [0.15, 0.2) is 24.4 Å². The summed E-state index contributed by atoms with van der Waals surface area (Å²) in [6, 6.07) is 5.41. The number of rotatable bonds is 3. The molecule has 0 spiro atoms. The average Bonchev–Trinajstić information content (AvgIpc) is 2.57. The van der Waals surface area contributed by atoms with Crippen LogP contribution in [0.25, 0.3) is 11.3 Å². The third-order valence-corrected chi connectivity index (χ3v) is 5.44. The van der Waals surface area contributed by atoms with E-state index in [0.717, 1.165) is 37.3 Å². The number of halogens is 2. The maximum atomic E-state index is 9.76. The van der Waals surface area contributed by atoms with E-state index in [1.54, 1.807) is 12.3 Å². The molecule has 3 rings (SSSR count). The summed E-state index contributed by atoms with van der Waals surface area (Å²) >= 11 is 12.3. The Bertz CT molecular complexity index is 739. The lowest BCUT2D eigenvalue weighted by Gasteiger charge is -2.38. The van der Waals surface area contributed by atoms with Crippen molar-refractivity contribution in [1.29, 1.82) is 0 Å². The zero-order chi connectivity index (χ0) is 17.3. The van der Waals surface area contributed by atoms with Gasteiger partial charge in [0.2, 0.25) is 0 Å². The highest BCUT2D eigenvalue weighted by atomic mass is 35.5. The molecule has 2 aromatic rings. The molecule has 1 fully saturated rings. The minimum Gasteiger partial charge on any atom is -0.390 e. The minimum absolute atomic E-state index is 0.158. The number of aromatic nitrogens is 2. The molecular weight excluding hydrogens is 345 g/mol. The molecule has 1 aliphatic heterocycles. The number of aliphatic hydroxyl groups excluding tert-OH is 1. The molecule has 1 aromatic carbocycles. The normalized spacial score (nSPS) is 17.1. The van der Waals surface area contributed by atoms with E-state index < -0.39 is 0 Å². The molecule has 0 atom stereocenters. The first-order valence-electron chi connectivity index (χ1n) is 8.07. The Labute approximate surface area is 152 Å². The quantitative estimate of drug-likeness (QED) is 0.865. The Kier molecular flexibility index (Phi) is 5.00.